The van der Waals surface area contributed by atoms with Crippen molar-refractivity contribution in [3.8, 4) is 0 Å². The van der Waals surface area contributed by atoms with E-state index in [0.717, 1.165) is 42.0 Å². The predicted octanol–water partition coefficient (Wildman–Crippen LogP) is 7.02. The third kappa shape index (κ3) is 3.67. The van der Waals surface area contributed by atoms with Crippen molar-refractivity contribution in [1.29, 1.82) is 0 Å². The summed E-state index contributed by atoms with van der Waals surface area (Å²) >= 11 is 0. The standard InChI is InChI=1S/C30H36N4O/c1-31-11-13-33(19-31)25-17-27-26-10-9-24(23-8-7-21-5-3-4-6-22(21)15-23)16-29(26)35-30(27)28(18-25)34-14-12-32(2)20-34/h9-14,16-18,21-23H,3-8,15,19-20H2,1-2H3. The molecule has 3 heterocycles. The van der Waals surface area contributed by atoms with Gasteiger partial charge in [0.05, 0.1) is 19.0 Å². The molecule has 3 atom stereocenters. The first-order chi connectivity index (χ1) is 17.1. The fourth-order valence-electron chi connectivity index (χ4n) is 7.05. The van der Waals surface area contributed by atoms with Gasteiger partial charge in [0, 0.05) is 55.4 Å². The minimum atomic E-state index is 0.683. The Morgan fingerprint density at radius 2 is 1.51 bits per heavy atom. The Hall–Kier alpha value is -3.08. The van der Waals surface area contributed by atoms with Crippen LogP contribution in [0.1, 0.15) is 56.4 Å². The molecule has 5 nitrogen and oxygen atoms in total. The molecule has 3 aromatic rings. The Labute approximate surface area is 208 Å². The average molecular weight is 469 g/mol. The number of hydrogen-bond acceptors (Lipinski definition) is 5. The van der Waals surface area contributed by atoms with Crippen LogP contribution in [0.15, 0.2) is 59.5 Å². The molecule has 2 saturated carbocycles. The summed E-state index contributed by atoms with van der Waals surface area (Å²) in [5.74, 6) is 2.61. The van der Waals surface area contributed by atoms with Crippen LogP contribution < -0.4 is 9.80 Å². The summed E-state index contributed by atoms with van der Waals surface area (Å²) in [5, 5.41) is 2.44. The third-order valence-electron chi connectivity index (χ3n) is 8.97. The van der Waals surface area contributed by atoms with E-state index in [1.165, 1.54) is 67.0 Å². The lowest BCUT2D eigenvalue weighted by atomic mass is 9.66. The predicted molar refractivity (Wildman–Crippen MR) is 144 cm³/mol. The van der Waals surface area contributed by atoms with Crippen LogP contribution in [0.5, 0.6) is 0 Å². The lowest BCUT2D eigenvalue weighted by Gasteiger charge is -2.39. The lowest BCUT2D eigenvalue weighted by Crippen LogP contribution is -2.26. The van der Waals surface area contributed by atoms with Gasteiger partial charge in [-0.15, -0.1) is 0 Å². The number of anilines is 2. The van der Waals surface area contributed by atoms with E-state index in [9.17, 15) is 0 Å². The van der Waals surface area contributed by atoms with E-state index in [0.29, 0.717) is 5.92 Å². The lowest BCUT2D eigenvalue weighted by molar-refractivity contribution is 0.155. The van der Waals surface area contributed by atoms with E-state index < -0.39 is 0 Å². The zero-order valence-corrected chi connectivity index (χ0v) is 21.0. The van der Waals surface area contributed by atoms with Crippen molar-refractivity contribution in [2.45, 2.75) is 50.9 Å². The smallest absolute Gasteiger partial charge is 0.159 e. The van der Waals surface area contributed by atoms with Crippen LogP contribution >= 0.6 is 0 Å². The normalized spacial score (nSPS) is 26.5. The van der Waals surface area contributed by atoms with Gasteiger partial charge >= 0.3 is 0 Å². The monoisotopic (exact) mass is 468 g/mol. The van der Waals surface area contributed by atoms with Crippen LogP contribution in [0.2, 0.25) is 0 Å². The SMILES string of the molecule is CN1C=CN(c2cc(N3C=CN(C)C3)c3oc4cc(C5CCC6CCCCC6C5)ccc4c3c2)C1. The van der Waals surface area contributed by atoms with E-state index in [-0.39, 0.29) is 0 Å². The zero-order chi connectivity index (χ0) is 23.5. The van der Waals surface area contributed by atoms with Crippen LogP contribution in [-0.4, -0.2) is 37.2 Å². The number of benzene rings is 2. The van der Waals surface area contributed by atoms with Crippen molar-refractivity contribution in [3.63, 3.8) is 0 Å². The van der Waals surface area contributed by atoms with E-state index in [1.54, 1.807) is 0 Å². The summed E-state index contributed by atoms with van der Waals surface area (Å²) in [4.78, 5) is 9.00. The maximum atomic E-state index is 6.67. The number of hydrogen-bond donors (Lipinski definition) is 0. The van der Waals surface area contributed by atoms with Crippen molar-refractivity contribution < 1.29 is 4.42 Å². The van der Waals surface area contributed by atoms with Crippen LogP contribution in [0, 0.1) is 11.8 Å². The Balaban J connectivity index is 1.29. The van der Waals surface area contributed by atoms with Crippen molar-refractivity contribution in [1.82, 2.24) is 9.80 Å². The van der Waals surface area contributed by atoms with Gasteiger partial charge in [-0.2, -0.15) is 0 Å². The molecule has 3 unspecified atom stereocenters. The highest BCUT2D eigenvalue weighted by molar-refractivity contribution is 6.10. The summed E-state index contributed by atoms with van der Waals surface area (Å²) in [6.45, 7) is 1.70. The molecular weight excluding hydrogens is 432 g/mol. The second-order valence-electron chi connectivity index (χ2n) is 11.3. The van der Waals surface area contributed by atoms with Gasteiger partial charge in [0.1, 0.15) is 5.58 Å². The van der Waals surface area contributed by atoms with Crippen molar-refractivity contribution >= 4 is 33.3 Å². The minimum Gasteiger partial charge on any atom is -0.454 e. The summed E-state index contributed by atoms with van der Waals surface area (Å²) in [6, 6.07) is 11.7. The molecule has 1 aromatic heterocycles. The second-order valence-corrected chi connectivity index (χ2v) is 11.3. The van der Waals surface area contributed by atoms with Crippen molar-refractivity contribution in [3.05, 3.63) is 60.7 Å². The molecule has 2 fully saturated rings. The van der Waals surface area contributed by atoms with Crippen LogP contribution in [0.25, 0.3) is 21.9 Å². The van der Waals surface area contributed by atoms with E-state index in [1.807, 2.05) is 0 Å². The number of fused-ring (bicyclic) bond motifs is 4. The van der Waals surface area contributed by atoms with E-state index in [4.69, 9.17) is 4.42 Å². The average Bonchev–Trinajstić information content (AvgIpc) is 3.61. The number of furan rings is 1. The molecule has 0 amide bonds. The van der Waals surface area contributed by atoms with E-state index in [2.05, 4.69) is 88.8 Å². The fourth-order valence-corrected chi connectivity index (χ4v) is 7.05. The summed E-state index contributed by atoms with van der Waals surface area (Å²) < 4.78 is 6.67. The Morgan fingerprint density at radius 3 is 2.29 bits per heavy atom. The molecule has 0 spiro atoms. The highest BCUT2D eigenvalue weighted by atomic mass is 16.3. The minimum absolute atomic E-state index is 0.683. The highest BCUT2D eigenvalue weighted by Gasteiger charge is 2.33. The molecular formula is C30H36N4O. The van der Waals surface area contributed by atoms with Gasteiger partial charge in [0.2, 0.25) is 0 Å². The molecule has 7 rings (SSSR count). The zero-order valence-electron chi connectivity index (χ0n) is 21.0. The molecule has 2 aromatic carbocycles. The van der Waals surface area contributed by atoms with Crippen LogP contribution in [-0.2, 0) is 0 Å². The van der Waals surface area contributed by atoms with Gasteiger partial charge in [-0.1, -0.05) is 37.8 Å². The van der Waals surface area contributed by atoms with Crippen molar-refractivity contribution in [2.24, 2.45) is 11.8 Å². The van der Waals surface area contributed by atoms with Gasteiger partial charge in [-0.25, -0.2) is 0 Å². The number of rotatable bonds is 3. The first-order valence-corrected chi connectivity index (χ1v) is 13.4. The third-order valence-corrected chi connectivity index (χ3v) is 8.97. The first kappa shape index (κ1) is 21.2. The number of nitrogens with zero attached hydrogens (tertiary/aromatic N) is 4. The summed E-state index contributed by atoms with van der Waals surface area (Å²) in [5.41, 5.74) is 5.85. The van der Waals surface area contributed by atoms with Gasteiger partial charge in [0.15, 0.2) is 5.58 Å². The van der Waals surface area contributed by atoms with Crippen molar-refractivity contribution in [2.75, 3.05) is 37.2 Å². The van der Waals surface area contributed by atoms with Crippen LogP contribution in [0.3, 0.4) is 0 Å². The molecule has 4 aliphatic rings. The summed E-state index contributed by atoms with van der Waals surface area (Å²) in [7, 11) is 4.23. The fraction of sp³-hybridized carbons (Fsp3) is 0.467. The molecule has 2 aliphatic heterocycles. The molecule has 0 saturated heterocycles. The summed E-state index contributed by atoms with van der Waals surface area (Å²) in [6.07, 6.45) is 18.5. The molecule has 0 radical (unpaired) electrons. The van der Waals surface area contributed by atoms with E-state index >= 15 is 0 Å². The van der Waals surface area contributed by atoms with Gasteiger partial charge in [-0.05, 0) is 60.8 Å². The molecule has 2 aliphatic carbocycles. The Morgan fingerprint density at radius 1 is 0.743 bits per heavy atom. The Bertz CT molecular complexity index is 1320. The van der Waals surface area contributed by atoms with Gasteiger partial charge in [-0.3, -0.25) is 0 Å². The Kier molecular flexibility index (Phi) is 5.00. The molecule has 5 heteroatoms. The molecule has 182 valence electrons. The molecule has 35 heavy (non-hydrogen) atoms. The largest absolute Gasteiger partial charge is 0.454 e. The molecule has 0 bridgehead atoms. The van der Waals surface area contributed by atoms with Gasteiger partial charge < -0.3 is 24.0 Å². The second kappa shape index (κ2) is 8.25. The maximum Gasteiger partial charge on any atom is 0.159 e. The van der Waals surface area contributed by atoms with Crippen LogP contribution in [0.4, 0.5) is 11.4 Å². The topological polar surface area (TPSA) is 26.1 Å². The van der Waals surface area contributed by atoms with Gasteiger partial charge in [0.25, 0.3) is 0 Å². The molecule has 0 N–H and O–H groups in total. The quantitative estimate of drug-likeness (QED) is 0.411. The first-order valence-electron chi connectivity index (χ1n) is 13.4. The highest BCUT2D eigenvalue weighted by Crippen LogP contribution is 2.47. The maximum absolute atomic E-state index is 6.67.